The van der Waals surface area contributed by atoms with Crippen molar-refractivity contribution in [2.75, 3.05) is 13.1 Å². The minimum absolute atomic E-state index is 0.228. The highest BCUT2D eigenvalue weighted by Gasteiger charge is 2.36. The number of para-hydroxylation sites is 1. The van der Waals surface area contributed by atoms with Gasteiger partial charge in [0.25, 0.3) is 0 Å². The molecule has 1 saturated carbocycles. The molecule has 0 N–H and O–H groups in total. The van der Waals surface area contributed by atoms with E-state index < -0.39 is 0 Å². The van der Waals surface area contributed by atoms with Crippen LogP contribution in [0.4, 0.5) is 4.39 Å². The highest BCUT2D eigenvalue weighted by molar-refractivity contribution is 5.84. The fourth-order valence-electron chi connectivity index (χ4n) is 5.25. The minimum Gasteiger partial charge on any atom is -0.342 e. The molecule has 172 valence electrons. The third-order valence-electron chi connectivity index (χ3n) is 7.25. The lowest BCUT2D eigenvalue weighted by atomic mass is 10.0. The summed E-state index contributed by atoms with van der Waals surface area (Å²) in [5, 5.41) is 0. The van der Waals surface area contributed by atoms with Gasteiger partial charge in [0.05, 0.1) is 11.0 Å². The van der Waals surface area contributed by atoms with Crippen molar-refractivity contribution in [1.82, 2.24) is 14.5 Å². The number of halogens is 1. The fourth-order valence-corrected chi connectivity index (χ4v) is 5.25. The summed E-state index contributed by atoms with van der Waals surface area (Å²) in [6.45, 7) is 4.70. The van der Waals surface area contributed by atoms with E-state index in [1.165, 1.54) is 23.2 Å². The first-order valence-electron chi connectivity index (χ1n) is 12.2. The van der Waals surface area contributed by atoms with E-state index in [4.69, 9.17) is 4.98 Å². The van der Waals surface area contributed by atoms with Crippen LogP contribution in [0.1, 0.15) is 24.8 Å². The number of imidazole rings is 1. The lowest BCUT2D eigenvalue weighted by molar-refractivity contribution is -0.131. The van der Waals surface area contributed by atoms with Crippen LogP contribution >= 0.6 is 0 Å². The molecule has 0 radical (unpaired) electrons. The molecule has 1 amide bonds. The van der Waals surface area contributed by atoms with Crippen LogP contribution in [0.15, 0.2) is 66.7 Å². The Bertz CT molecular complexity index is 1350. The Morgan fingerprint density at radius 2 is 1.62 bits per heavy atom. The van der Waals surface area contributed by atoms with Crippen LogP contribution in [0.5, 0.6) is 0 Å². The molecule has 1 aliphatic carbocycles. The molecule has 1 aliphatic heterocycles. The van der Waals surface area contributed by atoms with Crippen LogP contribution in [-0.4, -0.2) is 33.4 Å². The van der Waals surface area contributed by atoms with Gasteiger partial charge in [-0.3, -0.25) is 4.79 Å². The molecule has 0 spiro atoms. The van der Waals surface area contributed by atoms with Gasteiger partial charge in [-0.1, -0.05) is 48.5 Å². The van der Waals surface area contributed by atoms with Crippen molar-refractivity contribution in [1.29, 1.82) is 0 Å². The molecule has 4 nitrogen and oxygen atoms in total. The number of carbonyl (C=O) groups is 1. The van der Waals surface area contributed by atoms with Crippen molar-refractivity contribution in [3.63, 3.8) is 0 Å². The summed E-state index contributed by atoms with van der Waals surface area (Å²) in [6.07, 6.45) is 3.15. The highest BCUT2D eigenvalue weighted by atomic mass is 19.1. The summed E-state index contributed by atoms with van der Waals surface area (Å²) < 4.78 is 15.7. The van der Waals surface area contributed by atoms with E-state index in [0.717, 1.165) is 66.9 Å². The second-order valence-corrected chi connectivity index (χ2v) is 9.79. The average molecular weight is 454 g/mol. The van der Waals surface area contributed by atoms with Crippen molar-refractivity contribution in [2.24, 2.45) is 11.8 Å². The minimum atomic E-state index is -0.228. The molecule has 0 bridgehead atoms. The van der Waals surface area contributed by atoms with E-state index in [-0.39, 0.29) is 11.7 Å². The van der Waals surface area contributed by atoms with Gasteiger partial charge in [-0.05, 0) is 67.0 Å². The SMILES string of the molecule is Cc1cccc2nc(-c3ccc(-c4ccc(F)cc4)cc3)n(C[C@H]3CCN(C(=O)C4CC4)C3)c12. The van der Waals surface area contributed by atoms with E-state index in [1.807, 2.05) is 0 Å². The van der Waals surface area contributed by atoms with Crippen molar-refractivity contribution in [3.05, 3.63) is 78.1 Å². The van der Waals surface area contributed by atoms with Crippen LogP contribution in [-0.2, 0) is 11.3 Å². The smallest absolute Gasteiger partial charge is 0.225 e. The number of amides is 1. The number of benzene rings is 3. The topological polar surface area (TPSA) is 38.1 Å². The molecular weight excluding hydrogens is 425 g/mol. The Kier molecular flexibility index (Phi) is 5.20. The van der Waals surface area contributed by atoms with Crippen LogP contribution in [0.2, 0.25) is 0 Å². The van der Waals surface area contributed by atoms with Gasteiger partial charge < -0.3 is 9.47 Å². The molecule has 1 saturated heterocycles. The lowest BCUT2D eigenvalue weighted by Crippen LogP contribution is -2.30. The van der Waals surface area contributed by atoms with E-state index in [1.54, 1.807) is 12.1 Å². The first kappa shape index (κ1) is 21.1. The summed E-state index contributed by atoms with van der Waals surface area (Å²) >= 11 is 0. The summed E-state index contributed by atoms with van der Waals surface area (Å²) in [6, 6.07) is 21.2. The number of nitrogens with zero attached hydrogens (tertiary/aromatic N) is 3. The summed E-state index contributed by atoms with van der Waals surface area (Å²) in [5.41, 5.74) is 6.48. The van der Waals surface area contributed by atoms with Gasteiger partial charge in [-0.15, -0.1) is 0 Å². The van der Waals surface area contributed by atoms with Gasteiger partial charge in [0.2, 0.25) is 5.91 Å². The average Bonchev–Trinajstić information content (AvgIpc) is 3.49. The Labute approximate surface area is 199 Å². The number of rotatable bonds is 5. The molecule has 4 aromatic rings. The number of hydrogen-bond donors (Lipinski definition) is 0. The Morgan fingerprint density at radius 3 is 2.32 bits per heavy atom. The first-order chi connectivity index (χ1) is 16.6. The third-order valence-corrected chi connectivity index (χ3v) is 7.25. The van der Waals surface area contributed by atoms with Crippen LogP contribution in [0.3, 0.4) is 0 Å². The van der Waals surface area contributed by atoms with Gasteiger partial charge in [0.15, 0.2) is 0 Å². The van der Waals surface area contributed by atoms with Crippen LogP contribution in [0, 0.1) is 24.6 Å². The molecule has 3 aromatic carbocycles. The number of carbonyl (C=O) groups excluding carboxylic acids is 1. The van der Waals surface area contributed by atoms with Crippen LogP contribution in [0.25, 0.3) is 33.5 Å². The van der Waals surface area contributed by atoms with Gasteiger partial charge in [0, 0.05) is 31.1 Å². The second kappa shape index (κ2) is 8.39. The van der Waals surface area contributed by atoms with Gasteiger partial charge >= 0.3 is 0 Å². The number of likely N-dealkylation sites (tertiary alicyclic amines) is 1. The molecular formula is C29H28FN3O. The molecule has 1 aromatic heterocycles. The number of hydrogen-bond acceptors (Lipinski definition) is 2. The van der Waals surface area contributed by atoms with E-state index in [2.05, 4.69) is 58.9 Å². The molecule has 6 rings (SSSR count). The maximum absolute atomic E-state index is 13.3. The van der Waals surface area contributed by atoms with Gasteiger partial charge in [-0.2, -0.15) is 0 Å². The van der Waals surface area contributed by atoms with Crippen LogP contribution < -0.4 is 0 Å². The molecule has 0 unspecified atom stereocenters. The van der Waals surface area contributed by atoms with E-state index >= 15 is 0 Å². The molecule has 2 heterocycles. The normalized spacial score (nSPS) is 18.1. The van der Waals surface area contributed by atoms with Crippen molar-refractivity contribution in [2.45, 2.75) is 32.7 Å². The molecule has 5 heteroatoms. The number of fused-ring (bicyclic) bond motifs is 1. The Balaban J connectivity index is 1.33. The standard InChI is InChI=1S/C29H28FN3O/c1-19-3-2-4-26-27(19)33(18-20-15-16-32(17-20)29(34)24-9-10-24)28(31-26)23-7-5-21(6-8-23)22-11-13-25(30)14-12-22/h2-8,11-14,20,24H,9-10,15-18H2,1H3/t20-/m0/s1. The maximum atomic E-state index is 13.3. The monoisotopic (exact) mass is 453 g/mol. The summed E-state index contributed by atoms with van der Waals surface area (Å²) in [4.78, 5) is 19.7. The highest BCUT2D eigenvalue weighted by Crippen LogP contribution is 2.35. The van der Waals surface area contributed by atoms with E-state index in [0.29, 0.717) is 11.8 Å². The maximum Gasteiger partial charge on any atom is 0.225 e. The second-order valence-electron chi connectivity index (χ2n) is 9.79. The summed E-state index contributed by atoms with van der Waals surface area (Å²) in [5.74, 6) is 1.80. The number of aromatic nitrogens is 2. The molecule has 2 fully saturated rings. The molecule has 1 atom stereocenters. The van der Waals surface area contributed by atoms with Crippen molar-refractivity contribution >= 4 is 16.9 Å². The first-order valence-corrected chi connectivity index (χ1v) is 12.2. The largest absolute Gasteiger partial charge is 0.342 e. The van der Waals surface area contributed by atoms with Crippen molar-refractivity contribution in [3.8, 4) is 22.5 Å². The predicted octanol–water partition coefficient (Wildman–Crippen LogP) is 6.08. The molecule has 2 aliphatic rings. The Hall–Kier alpha value is -3.47. The summed E-state index contributed by atoms with van der Waals surface area (Å²) in [7, 11) is 0. The Morgan fingerprint density at radius 1 is 0.941 bits per heavy atom. The predicted molar refractivity (Wildman–Crippen MR) is 133 cm³/mol. The quantitative estimate of drug-likeness (QED) is 0.367. The van der Waals surface area contributed by atoms with Crippen molar-refractivity contribution < 1.29 is 9.18 Å². The lowest BCUT2D eigenvalue weighted by Gasteiger charge is -2.18. The number of aryl methyl sites for hydroxylation is 1. The fraction of sp³-hybridized carbons (Fsp3) is 0.310. The van der Waals surface area contributed by atoms with Gasteiger partial charge in [0.1, 0.15) is 11.6 Å². The zero-order valence-electron chi connectivity index (χ0n) is 19.4. The molecule has 34 heavy (non-hydrogen) atoms. The van der Waals surface area contributed by atoms with Gasteiger partial charge in [-0.25, -0.2) is 9.37 Å². The van der Waals surface area contributed by atoms with E-state index in [9.17, 15) is 9.18 Å². The third kappa shape index (κ3) is 3.89. The zero-order valence-corrected chi connectivity index (χ0v) is 19.4. The zero-order chi connectivity index (χ0) is 23.2.